The summed E-state index contributed by atoms with van der Waals surface area (Å²) in [5.41, 5.74) is 0.544. The van der Waals surface area contributed by atoms with E-state index in [2.05, 4.69) is 10.1 Å². The van der Waals surface area contributed by atoms with Crippen LogP contribution in [0.25, 0.3) is 11.0 Å². The van der Waals surface area contributed by atoms with Gasteiger partial charge in [0.25, 0.3) is 11.2 Å². The fourth-order valence-electron chi connectivity index (χ4n) is 3.53. The number of nitro groups is 1. The van der Waals surface area contributed by atoms with Gasteiger partial charge in [-0.2, -0.15) is 5.10 Å². The van der Waals surface area contributed by atoms with Gasteiger partial charge in [0.1, 0.15) is 23.9 Å². The molecule has 2 aromatic heterocycles. The number of hydrogen-bond acceptors (Lipinski definition) is 7. The van der Waals surface area contributed by atoms with Gasteiger partial charge in [0.15, 0.2) is 5.65 Å². The quantitative estimate of drug-likeness (QED) is 0.447. The number of carbonyl (C=O) groups is 1. The van der Waals surface area contributed by atoms with Gasteiger partial charge in [-0.15, -0.1) is 0 Å². The first kappa shape index (κ1) is 19.8. The van der Waals surface area contributed by atoms with Crippen molar-refractivity contribution in [3.05, 3.63) is 56.2 Å². The van der Waals surface area contributed by atoms with Crippen molar-refractivity contribution in [2.45, 2.75) is 6.54 Å². The lowest BCUT2D eigenvalue weighted by Crippen LogP contribution is -2.50. The predicted octanol–water partition coefficient (Wildman–Crippen LogP) is 1.04. The average Bonchev–Trinajstić information content (AvgIpc) is 3.11. The van der Waals surface area contributed by atoms with Crippen LogP contribution >= 0.6 is 11.6 Å². The van der Waals surface area contributed by atoms with Crippen molar-refractivity contribution < 1.29 is 9.72 Å². The zero-order valence-corrected chi connectivity index (χ0v) is 16.8. The fourth-order valence-corrected chi connectivity index (χ4v) is 3.70. The van der Waals surface area contributed by atoms with E-state index >= 15 is 0 Å². The first-order valence-corrected chi connectivity index (χ1v) is 9.57. The molecule has 156 valence electrons. The first-order valence-electron chi connectivity index (χ1n) is 9.19. The van der Waals surface area contributed by atoms with Crippen LogP contribution in [0.3, 0.4) is 0 Å². The molecule has 0 aliphatic carbocycles. The van der Waals surface area contributed by atoms with Gasteiger partial charge in [-0.1, -0.05) is 11.6 Å². The van der Waals surface area contributed by atoms with Crippen molar-refractivity contribution in [2.24, 2.45) is 7.05 Å². The maximum absolute atomic E-state index is 12.7. The Morgan fingerprint density at radius 3 is 2.70 bits per heavy atom. The standard InChI is InChI=1S/C18H18ClN7O4/c1-22-17-13(9-21-22)18(28)25(11-20-17)10-16(27)24-6-4-23(5-7-24)14-3-2-12(19)8-15(14)26(29)30/h2-3,8-9,11H,4-7,10H2,1H3. The summed E-state index contributed by atoms with van der Waals surface area (Å²) in [5.74, 6) is -0.215. The molecule has 11 nitrogen and oxygen atoms in total. The summed E-state index contributed by atoms with van der Waals surface area (Å²) in [6.45, 7) is 1.51. The number of hydrogen-bond donors (Lipinski definition) is 0. The van der Waals surface area contributed by atoms with E-state index < -0.39 is 4.92 Å². The van der Waals surface area contributed by atoms with Crippen LogP contribution in [-0.4, -0.2) is 61.2 Å². The van der Waals surface area contributed by atoms with Crippen LogP contribution in [0.15, 0.2) is 35.5 Å². The number of amides is 1. The summed E-state index contributed by atoms with van der Waals surface area (Å²) in [5, 5.41) is 16.0. The van der Waals surface area contributed by atoms with Crippen LogP contribution in [0.5, 0.6) is 0 Å². The van der Waals surface area contributed by atoms with Gasteiger partial charge < -0.3 is 9.80 Å². The Labute approximate surface area is 175 Å². The van der Waals surface area contributed by atoms with Gasteiger partial charge in [-0.05, 0) is 12.1 Å². The van der Waals surface area contributed by atoms with E-state index in [0.29, 0.717) is 47.9 Å². The summed E-state index contributed by atoms with van der Waals surface area (Å²) >= 11 is 5.88. The normalized spacial score (nSPS) is 14.3. The lowest BCUT2D eigenvalue weighted by Gasteiger charge is -2.35. The zero-order chi connectivity index (χ0) is 21.4. The molecule has 1 aromatic carbocycles. The number of anilines is 1. The van der Waals surface area contributed by atoms with Crippen molar-refractivity contribution in [3.63, 3.8) is 0 Å². The average molecular weight is 432 g/mol. The van der Waals surface area contributed by atoms with E-state index in [-0.39, 0.29) is 23.7 Å². The number of piperazine rings is 1. The number of aryl methyl sites for hydroxylation is 1. The number of fused-ring (bicyclic) bond motifs is 1. The molecule has 0 saturated carbocycles. The molecule has 3 aromatic rings. The minimum absolute atomic E-state index is 0.0651. The topological polar surface area (TPSA) is 119 Å². The second-order valence-corrected chi connectivity index (χ2v) is 7.38. The lowest BCUT2D eigenvalue weighted by atomic mass is 10.2. The molecule has 0 N–H and O–H groups in total. The van der Waals surface area contributed by atoms with Crippen molar-refractivity contribution in [1.29, 1.82) is 0 Å². The predicted molar refractivity (Wildman–Crippen MR) is 110 cm³/mol. The SMILES string of the molecule is Cn1ncc2c(=O)n(CC(=O)N3CCN(c4ccc(Cl)cc4[N+](=O)[O-])CC3)cnc21. The van der Waals surface area contributed by atoms with Crippen molar-refractivity contribution in [1.82, 2.24) is 24.2 Å². The van der Waals surface area contributed by atoms with Crippen LogP contribution < -0.4 is 10.5 Å². The lowest BCUT2D eigenvalue weighted by molar-refractivity contribution is -0.384. The molecule has 1 amide bonds. The number of nitrogens with zero attached hydrogens (tertiary/aromatic N) is 7. The van der Waals surface area contributed by atoms with E-state index in [1.807, 2.05) is 4.90 Å². The van der Waals surface area contributed by atoms with Crippen molar-refractivity contribution in [3.8, 4) is 0 Å². The molecule has 1 aliphatic heterocycles. The Morgan fingerprint density at radius 1 is 1.27 bits per heavy atom. The highest BCUT2D eigenvalue weighted by molar-refractivity contribution is 6.30. The smallest absolute Gasteiger partial charge is 0.294 e. The van der Waals surface area contributed by atoms with Crippen LogP contribution in [0.4, 0.5) is 11.4 Å². The third-order valence-corrected chi connectivity index (χ3v) is 5.37. The molecule has 0 bridgehead atoms. The molecule has 0 radical (unpaired) electrons. The van der Waals surface area contributed by atoms with Crippen LogP contribution in [0, 0.1) is 10.1 Å². The Balaban J connectivity index is 1.45. The molecule has 4 rings (SSSR count). The van der Waals surface area contributed by atoms with E-state index in [1.165, 1.54) is 27.8 Å². The molecule has 12 heteroatoms. The van der Waals surface area contributed by atoms with Gasteiger partial charge in [-0.25, -0.2) is 4.98 Å². The van der Waals surface area contributed by atoms with E-state index in [9.17, 15) is 19.7 Å². The highest BCUT2D eigenvalue weighted by atomic mass is 35.5. The third-order valence-electron chi connectivity index (χ3n) is 5.13. The second kappa shape index (κ2) is 7.75. The van der Waals surface area contributed by atoms with Crippen molar-refractivity contribution >= 4 is 39.9 Å². The monoisotopic (exact) mass is 431 g/mol. The van der Waals surface area contributed by atoms with Gasteiger partial charge in [0.2, 0.25) is 5.91 Å². The highest BCUT2D eigenvalue weighted by Crippen LogP contribution is 2.31. The number of halogens is 1. The summed E-state index contributed by atoms with van der Waals surface area (Å²) in [7, 11) is 1.69. The Morgan fingerprint density at radius 2 is 2.00 bits per heavy atom. The van der Waals surface area contributed by atoms with E-state index in [4.69, 9.17) is 11.6 Å². The van der Waals surface area contributed by atoms with E-state index in [1.54, 1.807) is 24.1 Å². The van der Waals surface area contributed by atoms with Crippen molar-refractivity contribution in [2.75, 3.05) is 31.1 Å². The van der Waals surface area contributed by atoms with Crippen LogP contribution in [0.2, 0.25) is 5.02 Å². The minimum Gasteiger partial charge on any atom is -0.362 e. The molecule has 1 aliphatic rings. The molecule has 30 heavy (non-hydrogen) atoms. The Kier molecular flexibility index (Phi) is 5.12. The Hall–Kier alpha value is -3.47. The number of rotatable bonds is 4. The number of aromatic nitrogens is 4. The van der Waals surface area contributed by atoms with Crippen LogP contribution in [0.1, 0.15) is 0 Å². The summed E-state index contributed by atoms with van der Waals surface area (Å²) in [6, 6.07) is 4.55. The summed E-state index contributed by atoms with van der Waals surface area (Å²) in [4.78, 5) is 43.8. The molecule has 1 saturated heterocycles. The number of nitro benzene ring substituents is 1. The van der Waals surface area contributed by atoms with E-state index in [0.717, 1.165) is 0 Å². The molecule has 3 heterocycles. The molecule has 0 spiro atoms. The fraction of sp³-hybridized carbons (Fsp3) is 0.333. The molecule has 0 unspecified atom stereocenters. The molecule has 0 atom stereocenters. The number of carbonyl (C=O) groups excluding carboxylic acids is 1. The molecule has 1 fully saturated rings. The van der Waals surface area contributed by atoms with Gasteiger partial charge in [0.05, 0.1) is 11.1 Å². The zero-order valence-electron chi connectivity index (χ0n) is 16.1. The maximum atomic E-state index is 12.7. The third kappa shape index (κ3) is 3.59. The molecular formula is C18H18ClN7O4. The maximum Gasteiger partial charge on any atom is 0.294 e. The van der Waals surface area contributed by atoms with Gasteiger partial charge in [-0.3, -0.25) is 29.0 Å². The van der Waals surface area contributed by atoms with Crippen LogP contribution in [-0.2, 0) is 18.4 Å². The Bertz CT molecular complexity index is 1200. The second-order valence-electron chi connectivity index (χ2n) is 6.94. The minimum atomic E-state index is -0.466. The van der Waals surface area contributed by atoms with Gasteiger partial charge in [0, 0.05) is 44.3 Å². The van der Waals surface area contributed by atoms with Gasteiger partial charge >= 0.3 is 0 Å². The highest BCUT2D eigenvalue weighted by Gasteiger charge is 2.26. The summed E-state index contributed by atoms with van der Waals surface area (Å²) in [6.07, 6.45) is 2.78. The molecular weight excluding hydrogens is 414 g/mol. The number of benzene rings is 1. The largest absolute Gasteiger partial charge is 0.362 e. The summed E-state index contributed by atoms with van der Waals surface area (Å²) < 4.78 is 2.76. The first-order chi connectivity index (χ1) is 14.3.